The third-order valence-corrected chi connectivity index (χ3v) is 1.85. The fourth-order valence-corrected chi connectivity index (χ4v) is 1.26. The van der Waals surface area contributed by atoms with E-state index in [1.807, 2.05) is 13.8 Å². The van der Waals surface area contributed by atoms with Crippen molar-refractivity contribution >= 4 is 23.4 Å². The van der Waals surface area contributed by atoms with Crippen molar-refractivity contribution in [2.45, 2.75) is 67.4 Å². The molecule has 0 atom stereocenters. The van der Waals surface area contributed by atoms with Crippen molar-refractivity contribution in [3.8, 4) is 0 Å². The number of anilines is 2. The third kappa shape index (κ3) is 14.7. The number of nitrogens with one attached hydrogen (secondary N) is 2. The molecule has 23 heavy (non-hydrogen) atoms. The highest BCUT2D eigenvalue weighted by Gasteiger charge is 2.15. The first-order valence-electron chi connectivity index (χ1n) is 8.05. The first-order valence-corrected chi connectivity index (χ1v) is 8.05. The first-order chi connectivity index (χ1) is 10.7. The summed E-state index contributed by atoms with van der Waals surface area (Å²) in [5, 5.41) is 5.25. The number of hydrogen-bond donors (Lipinski definition) is 2. The average Bonchev–Trinajstić information content (AvgIpc) is 2.41. The fourth-order valence-electron chi connectivity index (χ4n) is 1.26. The molecule has 1 aromatic rings. The van der Waals surface area contributed by atoms with Gasteiger partial charge in [-0.15, -0.1) is 0 Å². The predicted octanol–water partition coefficient (Wildman–Crippen LogP) is 5.43. The van der Waals surface area contributed by atoms with E-state index in [0.717, 1.165) is 0 Å². The molecule has 0 aliphatic rings. The molecule has 0 fully saturated rings. The Labute approximate surface area is 140 Å². The van der Waals surface area contributed by atoms with Crippen molar-refractivity contribution in [3.63, 3.8) is 0 Å². The summed E-state index contributed by atoms with van der Waals surface area (Å²) in [7, 11) is 0. The van der Waals surface area contributed by atoms with E-state index in [1.165, 1.54) is 13.3 Å². The van der Waals surface area contributed by atoms with Gasteiger partial charge in [-0.3, -0.25) is 10.1 Å². The van der Waals surface area contributed by atoms with Crippen LogP contribution in [0.1, 0.15) is 61.8 Å². The Hall–Kier alpha value is -2.04. The number of ether oxygens (including phenoxy) is 1. The molecule has 0 radical (unpaired) electrons. The second-order valence-corrected chi connectivity index (χ2v) is 5.59. The van der Waals surface area contributed by atoms with Gasteiger partial charge in [0.15, 0.2) is 0 Å². The minimum atomic E-state index is -0.528. The van der Waals surface area contributed by atoms with Crippen molar-refractivity contribution < 1.29 is 14.3 Å². The van der Waals surface area contributed by atoms with Crippen LogP contribution in [-0.2, 0) is 9.53 Å². The van der Waals surface area contributed by atoms with Crippen LogP contribution >= 0.6 is 0 Å². The minimum Gasteiger partial charge on any atom is -0.444 e. The molecule has 0 unspecified atom stereocenters. The van der Waals surface area contributed by atoms with Crippen LogP contribution in [0.4, 0.5) is 16.2 Å². The summed E-state index contributed by atoms with van der Waals surface area (Å²) >= 11 is 0. The molecule has 2 amide bonds. The van der Waals surface area contributed by atoms with E-state index >= 15 is 0 Å². The van der Waals surface area contributed by atoms with Gasteiger partial charge in [-0.25, -0.2) is 4.79 Å². The molecule has 0 aliphatic carbocycles. The van der Waals surface area contributed by atoms with Gasteiger partial charge in [0, 0.05) is 18.3 Å². The molecule has 0 saturated carbocycles. The maximum Gasteiger partial charge on any atom is 0.412 e. The molecule has 1 rings (SSSR count). The molecule has 5 heteroatoms. The zero-order chi connectivity index (χ0) is 18.5. The van der Waals surface area contributed by atoms with Gasteiger partial charge in [-0.2, -0.15) is 0 Å². The summed E-state index contributed by atoms with van der Waals surface area (Å²) in [5.41, 5.74) is 0.760. The molecule has 2 N–H and O–H groups in total. The highest BCUT2D eigenvalue weighted by atomic mass is 16.6. The highest BCUT2D eigenvalue weighted by Crippen LogP contribution is 2.15. The maximum absolute atomic E-state index is 11.5. The van der Waals surface area contributed by atoms with E-state index in [4.69, 9.17) is 4.74 Å². The third-order valence-electron chi connectivity index (χ3n) is 1.85. The van der Waals surface area contributed by atoms with Crippen LogP contribution in [0.25, 0.3) is 0 Å². The van der Waals surface area contributed by atoms with Crippen LogP contribution < -0.4 is 10.6 Å². The minimum absolute atomic E-state index is 0.136. The SMILES string of the molecule is CC.CC(=O)Nc1ccc(NC(=O)OC(C)(C)C)cc1.CCC. The molecule has 0 aromatic heterocycles. The number of rotatable bonds is 2. The zero-order valence-electron chi connectivity index (χ0n) is 15.7. The van der Waals surface area contributed by atoms with Crippen LogP contribution in [0.5, 0.6) is 0 Å². The van der Waals surface area contributed by atoms with E-state index in [0.29, 0.717) is 11.4 Å². The van der Waals surface area contributed by atoms with Crippen molar-refractivity contribution in [1.29, 1.82) is 0 Å². The van der Waals surface area contributed by atoms with E-state index in [1.54, 1.807) is 45.0 Å². The predicted molar refractivity (Wildman–Crippen MR) is 97.9 cm³/mol. The van der Waals surface area contributed by atoms with E-state index in [2.05, 4.69) is 24.5 Å². The second-order valence-electron chi connectivity index (χ2n) is 5.59. The van der Waals surface area contributed by atoms with Crippen LogP contribution in [0, 0.1) is 0 Å². The molecule has 132 valence electrons. The lowest BCUT2D eigenvalue weighted by Gasteiger charge is -2.19. The summed E-state index contributed by atoms with van der Waals surface area (Å²) in [6, 6.07) is 6.78. The van der Waals surface area contributed by atoms with Crippen LogP contribution in [0.3, 0.4) is 0 Å². The number of carbonyl (C=O) groups is 2. The molecule has 1 aromatic carbocycles. The Morgan fingerprint density at radius 1 is 0.957 bits per heavy atom. The average molecular weight is 324 g/mol. The Morgan fingerprint density at radius 2 is 1.30 bits per heavy atom. The fraction of sp³-hybridized carbons (Fsp3) is 0.556. The Kier molecular flexibility index (Phi) is 12.6. The van der Waals surface area contributed by atoms with Gasteiger partial charge in [-0.05, 0) is 45.0 Å². The van der Waals surface area contributed by atoms with E-state index in [-0.39, 0.29) is 5.91 Å². The largest absolute Gasteiger partial charge is 0.444 e. The highest BCUT2D eigenvalue weighted by molar-refractivity contribution is 5.89. The van der Waals surface area contributed by atoms with E-state index < -0.39 is 11.7 Å². The van der Waals surface area contributed by atoms with Gasteiger partial charge in [0.05, 0.1) is 0 Å². The van der Waals surface area contributed by atoms with E-state index in [9.17, 15) is 9.59 Å². The first kappa shape index (κ1) is 23.2. The Morgan fingerprint density at radius 3 is 1.61 bits per heavy atom. The van der Waals surface area contributed by atoms with Gasteiger partial charge >= 0.3 is 6.09 Å². The molecule has 0 spiro atoms. The monoisotopic (exact) mass is 324 g/mol. The molecule has 0 heterocycles. The van der Waals surface area contributed by atoms with Gasteiger partial charge in [0.25, 0.3) is 0 Å². The number of hydrogen-bond acceptors (Lipinski definition) is 3. The van der Waals surface area contributed by atoms with Crippen molar-refractivity contribution in [1.82, 2.24) is 0 Å². The molecular weight excluding hydrogens is 292 g/mol. The molecule has 0 saturated heterocycles. The maximum atomic E-state index is 11.5. The summed E-state index contributed by atoms with van der Waals surface area (Å²) in [4.78, 5) is 22.3. The summed E-state index contributed by atoms with van der Waals surface area (Å²) in [5.74, 6) is -0.136. The number of carbonyl (C=O) groups excluding carboxylic acids is 2. The number of benzene rings is 1. The number of amides is 2. The van der Waals surface area contributed by atoms with Crippen molar-refractivity contribution in [3.05, 3.63) is 24.3 Å². The van der Waals surface area contributed by atoms with Crippen molar-refractivity contribution in [2.75, 3.05) is 10.6 Å². The topological polar surface area (TPSA) is 67.4 Å². The van der Waals surface area contributed by atoms with Crippen molar-refractivity contribution in [2.24, 2.45) is 0 Å². The van der Waals surface area contributed by atoms with Gasteiger partial charge in [0.2, 0.25) is 5.91 Å². The molecule has 0 bridgehead atoms. The summed E-state index contributed by atoms with van der Waals surface area (Å²) in [6.45, 7) is 15.1. The smallest absolute Gasteiger partial charge is 0.412 e. The van der Waals surface area contributed by atoms with Crippen LogP contribution in [-0.4, -0.2) is 17.6 Å². The normalized spacial score (nSPS) is 9.39. The standard InChI is InChI=1S/C13H18N2O3.C3H8.C2H6/c1-9(16)14-10-5-7-11(8-6-10)15-12(17)18-13(2,3)4;1-3-2;1-2/h5-8H,1-4H3,(H,14,16)(H,15,17);3H2,1-2H3;1-2H3. The molecule has 5 nitrogen and oxygen atoms in total. The van der Waals surface area contributed by atoms with Gasteiger partial charge in [0.1, 0.15) is 5.60 Å². The van der Waals surface area contributed by atoms with Crippen LogP contribution in [0.2, 0.25) is 0 Å². The van der Waals surface area contributed by atoms with Gasteiger partial charge < -0.3 is 10.1 Å². The van der Waals surface area contributed by atoms with Crippen LogP contribution in [0.15, 0.2) is 24.3 Å². The summed E-state index contributed by atoms with van der Waals surface area (Å²) < 4.78 is 5.12. The molecular formula is C18H32N2O3. The zero-order valence-corrected chi connectivity index (χ0v) is 15.7. The Balaban J connectivity index is 0. The van der Waals surface area contributed by atoms with Gasteiger partial charge in [-0.1, -0.05) is 34.1 Å². The lowest BCUT2D eigenvalue weighted by Crippen LogP contribution is -2.27. The lowest BCUT2D eigenvalue weighted by molar-refractivity contribution is -0.114. The lowest BCUT2D eigenvalue weighted by atomic mass is 10.2. The summed E-state index contributed by atoms with van der Waals surface area (Å²) in [6.07, 6.45) is 0.745. The Bertz CT molecular complexity index is 448. The quantitative estimate of drug-likeness (QED) is 0.761. The second kappa shape index (κ2) is 12.5. The molecule has 0 aliphatic heterocycles.